The minimum Gasteiger partial charge on any atom is -0.497 e. The van der Waals surface area contributed by atoms with E-state index >= 15 is 0 Å². The SMILES string of the molecule is COc1ccc(C2=N/C(=C\c3ccc(-c4ccc(Br)cc4)o3)C(=O)O2)cc1. The number of rotatable bonds is 4. The molecule has 3 aromatic rings. The summed E-state index contributed by atoms with van der Waals surface area (Å²) in [4.78, 5) is 16.4. The van der Waals surface area contributed by atoms with Crippen LogP contribution in [0.3, 0.4) is 0 Å². The van der Waals surface area contributed by atoms with Crippen LogP contribution in [0.2, 0.25) is 0 Å². The second kappa shape index (κ2) is 7.25. The van der Waals surface area contributed by atoms with Gasteiger partial charge in [0.15, 0.2) is 5.70 Å². The number of benzene rings is 2. The number of furan rings is 1. The number of nitrogens with zero attached hydrogens (tertiary/aromatic N) is 1. The maximum absolute atomic E-state index is 12.1. The van der Waals surface area contributed by atoms with E-state index in [9.17, 15) is 4.79 Å². The lowest BCUT2D eigenvalue weighted by molar-refractivity contribution is -0.129. The summed E-state index contributed by atoms with van der Waals surface area (Å²) in [6, 6.07) is 18.6. The number of ether oxygens (including phenoxy) is 2. The van der Waals surface area contributed by atoms with Gasteiger partial charge in [-0.3, -0.25) is 0 Å². The van der Waals surface area contributed by atoms with Crippen molar-refractivity contribution in [3.8, 4) is 17.1 Å². The molecule has 1 aliphatic rings. The molecular formula is C21H14BrNO4. The lowest BCUT2D eigenvalue weighted by atomic mass is 10.2. The molecule has 2 heterocycles. The van der Waals surface area contributed by atoms with E-state index in [1.165, 1.54) is 0 Å². The molecule has 134 valence electrons. The molecule has 0 amide bonds. The standard InChI is InChI=1S/C21H14BrNO4/c1-25-16-8-4-14(5-9-16)20-23-18(21(24)27-20)12-17-10-11-19(26-17)13-2-6-15(22)7-3-13/h2-12H,1H3/b18-12-. The number of esters is 1. The minimum atomic E-state index is -0.512. The lowest BCUT2D eigenvalue weighted by Gasteiger charge is -2.01. The number of cyclic esters (lactones) is 1. The normalized spacial score (nSPS) is 15.0. The molecule has 5 nitrogen and oxygen atoms in total. The monoisotopic (exact) mass is 423 g/mol. The van der Waals surface area contributed by atoms with Crippen LogP contribution in [0.4, 0.5) is 0 Å². The summed E-state index contributed by atoms with van der Waals surface area (Å²) in [6.07, 6.45) is 1.57. The third-order valence-corrected chi connectivity index (χ3v) is 4.52. The summed E-state index contributed by atoms with van der Waals surface area (Å²) >= 11 is 3.41. The van der Waals surface area contributed by atoms with Crippen molar-refractivity contribution in [2.75, 3.05) is 7.11 Å². The highest BCUT2D eigenvalue weighted by molar-refractivity contribution is 9.10. The van der Waals surface area contributed by atoms with Crippen LogP contribution in [-0.2, 0) is 9.53 Å². The molecule has 1 aliphatic heterocycles. The molecule has 0 N–H and O–H groups in total. The van der Waals surface area contributed by atoms with E-state index < -0.39 is 5.97 Å². The molecule has 0 saturated heterocycles. The smallest absolute Gasteiger partial charge is 0.363 e. The highest BCUT2D eigenvalue weighted by Crippen LogP contribution is 2.26. The van der Waals surface area contributed by atoms with E-state index in [2.05, 4.69) is 20.9 Å². The van der Waals surface area contributed by atoms with Crippen LogP contribution in [0, 0.1) is 0 Å². The zero-order valence-electron chi connectivity index (χ0n) is 14.3. The van der Waals surface area contributed by atoms with Crippen LogP contribution >= 0.6 is 15.9 Å². The van der Waals surface area contributed by atoms with Crippen LogP contribution < -0.4 is 4.74 Å². The second-order valence-corrected chi connectivity index (χ2v) is 6.69. The van der Waals surface area contributed by atoms with Gasteiger partial charge in [0, 0.05) is 21.7 Å². The van der Waals surface area contributed by atoms with Crippen molar-refractivity contribution < 1.29 is 18.7 Å². The summed E-state index contributed by atoms with van der Waals surface area (Å²) in [6.45, 7) is 0. The van der Waals surface area contributed by atoms with E-state index in [-0.39, 0.29) is 11.6 Å². The molecule has 0 bridgehead atoms. The third-order valence-electron chi connectivity index (χ3n) is 3.99. The first-order valence-electron chi connectivity index (χ1n) is 8.15. The largest absolute Gasteiger partial charge is 0.497 e. The van der Waals surface area contributed by atoms with Gasteiger partial charge in [-0.25, -0.2) is 9.79 Å². The van der Waals surface area contributed by atoms with Crippen molar-refractivity contribution in [1.82, 2.24) is 0 Å². The van der Waals surface area contributed by atoms with Gasteiger partial charge >= 0.3 is 5.97 Å². The minimum absolute atomic E-state index is 0.192. The molecule has 4 rings (SSSR count). The highest BCUT2D eigenvalue weighted by atomic mass is 79.9. The second-order valence-electron chi connectivity index (χ2n) is 5.77. The number of halogens is 1. The summed E-state index contributed by atoms with van der Waals surface area (Å²) in [5.74, 6) is 1.70. The van der Waals surface area contributed by atoms with Crippen molar-refractivity contribution in [2.45, 2.75) is 0 Å². The predicted octanol–water partition coefficient (Wildman–Crippen LogP) is 5.06. The van der Waals surface area contributed by atoms with Crippen molar-refractivity contribution in [2.24, 2.45) is 4.99 Å². The van der Waals surface area contributed by atoms with E-state index in [1.54, 1.807) is 43.5 Å². The number of hydrogen-bond donors (Lipinski definition) is 0. The predicted molar refractivity (Wildman–Crippen MR) is 105 cm³/mol. The Morgan fingerprint density at radius 3 is 2.37 bits per heavy atom. The number of aliphatic imine (C=N–C) groups is 1. The Balaban J connectivity index is 1.59. The Bertz CT molecular complexity index is 1050. The fraction of sp³-hybridized carbons (Fsp3) is 0.0476. The van der Waals surface area contributed by atoms with Gasteiger partial charge in [0.2, 0.25) is 5.90 Å². The van der Waals surface area contributed by atoms with Gasteiger partial charge in [0.25, 0.3) is 0 Å². The molecule has 0 aliphatic carbocycles. The van der Waals surface area contributed by atoms with Gasteiger partial charge in [0.1, 0.15) is 17.3 Å². The molecule has 6 heteroatoms. The van der Waals surface area contributed by atoms with Crippen LogP contribution in [0.1, 0.15) is 11.3 Å². The van der Waals surface area contributed by atoms with E-state index in [4.69, 9.17) is 13.9 Å². The fourth-order valence-corrected chi connectivity index (χ4v) is 2.87. The molecule has 2 aromatic carbocycles. The first-order valence-corrected chi connectivity index (χ1v) is 8.94. The molecule has 0 radical (unpaired) electrons. The maximum atomic E-state index is 12.1. The number of carbonyl (C=O) groups excluding carboxylic acids is 1. The zero-order valence-corrected chi connectivity index (χ0v) is 15.9. The molecule has 27 heavy (non-hydrogen) atoms. The van der Waals surface area contributed by atoms with Gasteiger partial charge in [-0.15, -0.1) is 0 Å². The van der Waals surface area contributed by atoms with E-state index in [1.807, 2.05) is 30.3 Å². The van der Waals surface area contributed by atoms with Crippen molar-refractivity contribution in [1.29, 1.82) is 0 Å². The maximum Gasteiger partial charge on any atom is 0.363 e. The van der Waals surface area contributed by atoms with Gasteiger partial charge in [-0.05, 0) is 48.5 Å². The Morgan fingerprint density at radius 2 is 1.67 bits per heavy atom. The number of hydrogen-bond acceptors (Lipinski definition) is 5. The van der Waals surface area contributed by atoms with Crippen molar-refractivity contribution >= 4 is 33.9 Å². The highest BCUT2D eigenvalue weighted by Gasteiger charge is 2.24. The van der Waals surface area contributed by atoms with Crippen molar-refractivity contribution in [3.63, 3.8) is 0 Å². The van der Waals surface area contributed by atoms with E-state index in [0.29, 0.717) is 17.1 Å². The third kappa shape index (κ3) is 3.71. The van der Waals surface area contributed by atoms with Gasteiger partial charge in [-0.2, -0.15) is 0 Å². The van der Waals surface area contributed by atoms with Gasteiger partial charge in [0.05, 0.1) is 7.11 Å². The van der Waals surface area contributed by atoms with Crippen LogP contribution in [0.25, 0.3) is 17.4 Å². The quantitative estimate of drug-likeness (QED) is 0.434. The summed E-state index contributed by atoms with van der Waals surface area (Å²) in [5.41, 5.74) is 1.83. The Hall–Kier alpha value is -3.12. The molecule has 0 saturated carbocycles. The first kappa shape index (κ1) is 17.3. The summed E-state index contributed by atoms with van der Waals surface area (Å²) < 4.78 is 17.2. The topological polar surface area (TPSA) is 61.0 Å². The summed E-state index contributed by atoms with van der Waals surface area (Å²) in [5, 5.41) is 0. The zero-order chi connectivity index (χ0) is 18.8. The molecule has 1 aromatic heterocycles. The van der Waals surface area contributed by atoms with E-state index in [0.717, 1.165) is 15.8 Å². The average molecular weight is 424 g/mol. The average Bonchev–Trinajstić information content (AvgIpc) is 3.30. The molecule has 0 spiro atoms. The Labute approximate surface area is 164 Å². The molecule has 0 fully saturated rings. The Morgan fingerprint density at radius 1 is 0.963 bits per heavy atom. The lowest BCUT2D eigenvalue weighted by Crippen LogP contribution is -2.05. The molecular weight excluding hydrogens is 410 g/mol. The number of carbonyl (C=O) groups is 1. The number of methoxy groups -OCH3 is 1. The van der Waals surface area contributed by atoms with Crippen LogP contribution in [0.5, 0.6) is 5.75 Å². The first-order chi connectivity index (χ1) is 13.1. The molecule has 0 unspecified atom stereocenters. The van der Waals surface area contributed by atoms with Gasteiger partial charge in [-0.1, -0.05) is 28.1 Å². The summed E-state index contributed by atoms with van der Waals surface area (Å²) in [7, 11) is 1.59. The Kier molecular flexibility index (Phi) is 4.64. The molecule has 0 atom stereocenters. The fourth-order valence-electron chi connectivity index (χ4n) is 2.60. The van der Waals surface area contributed by atoms with Crippen LogP contribution in [-0.4, -0.2) is 19.0 Å². The van der Waals surface area contributed by atoms with Gasteiger partial charge < -0.3 is 13.9 Å². The van der Waals surface area contributed by atoms with Crippen LogP contribution in [0.15, 0.2) is 80.2 Å². The van der Waals surface area contributed by atoms with Crippen molar-refractivity contribution in [3.05, 3.63) is 82.2 Å².